The number of primary amides is 1. The Morgan fingerprint density at radius 2 is 1.47 bits per heavy atom. The summed E-state index contributed by atoms with van der Waals surface area (Å²) in [5.74, 6) is -5.82. The minimum Gasteiger partial charge on any atom is -0.461 e. The summed E-state index contributed by atoms with van der Waals surface area (Å²) in [6, 6.07) is 21.6. The molecular weight excluding hydrogens is 622 g/mol. The second-order valence-corrected chi connectivity index (χ2v) is 13.2. The van der Waals surface area contributed by atoms with Gasteiger partial charge in [-0.05, 0) is 46.6 Å². The predicted octanol–water partition coefficient (Wildman–Crippen LogP) is 4.80. The lowest BCUT2D eigenvalue weighted by molar-refractivity contribution is -0.153. The second kappa shape index (κ2) is 18.6. The van der Waals surface area contributed by atoms with Gasteiger partial charge in [0.1, 0.15) is 12.6 Å². The van der Waals surface area contributed by atoms with Crippen LogP contribution in [0.5, 0.6) is 0 Å². The first-order valence-electron chi connectivity index (χ1n) is 16.9. The van der Waals surface area contributed by atoms with Crippen molar-refractivity contribution < 1.29 is 33.5 Å². The summed E-state index contributed by atoms with van der Waals surface area (Å²) in [5.41, 5.74) is 7.30. The molecule has 3 aromatic rings. The van der Waals surface area contributed by atoms with Crippen LogP contribution in [-0.4, -0.2) is 59.8 Å². The maximum absolute atomic E-state index is 13.8. The molecule has 262 valence electrons. The predicted molar refractivity (Wildman–Crippen MR) is 188 cm³/mol. The van der Waals surface area contributed by atoms with Crippen LogP contribution in [0.1, 0.15) is 64.5 Å². The number of likely N-dealkylation sites (N-methyl/N-ethyl adjacent to an activating group) is 1. The van der Waals surface area contributed by atoms with Gasteiger partial charge in [0.25, 0.3) is 5.91 Å². The molecule has 1 unspecified atom stereocenters. The Kier molecular flexibility index (Phi) is 14.7. The van der Waals surface area contributed by atoms with E-state index in [2.05, 4.69) is 5.32 Å². The van der Waals surface area contributed by atoms with E-state index in [-0.39, 0.29) is 31.8 Å². The van der Waals surface area contributed by atoms with Crippen LogP contribution in [0.15, 0.2) is 72.8 Å². The lowest BCUT2D eigenvalue weighted by atomic mass is 9.89. The Labute approximate surface area is 288 Å². The van der Waals surface area contributed by atoms with Crippen molar-refractivity contribution in [3.05, 3.63) is 83.9 Å². The number of fused-ring (bicyclic) bond motifs is 1. The van der Waals surface area contributed by atoms with Gasteiger partial charge >= 0.3 is 5.97 Å². The van der Waals surface area contributed by atoms with Crippen LogP contribution in [-0.2, 0) is 46.5 Å². The number of hydrogen-bond donors (Lipinski definition) is 2. The topological polar surface area (TPSA) is 153 Å². The SMILES string of the molecule is CC[C@H](C)C(C(=O)C(=O)NCC(=O)C[C@@H](Cc1ccc2ccccc2c1)C(N)=O)N(C)C(=O)[C@@H](CC(=O)OCc1ccccc1)CC(C)C. The van der Waals surface area contributed by atoms with E-state index in [1.807, 2.05) is 93.6 Å². The lowest BCUT2D eigenvalue weighted by Gasteiger charge is -2.33. The number of rotatable bonds is 19. The minimum atomic E-state index is -1.12. The molecule has 0 aromatic heterocycles. The number of ketones is 2. The molecule has 3 amide bonds. The number of hydrogen-bond acceptors (Lipinski definition) is 7. The summed E-state index contributed by atoms with van der Waals surface area (Å²) in [4.78, 5) is 79.6. The average Bonchev–Trinajstić information content (AvgIpc) is 3.08. The fourth-order valence-electron chi connectivity index (χ4n) is 5.97. The standard InChI is InChI=1S/C39H49N3O7/c1-6-26(4)35(42(5)39(48)32(18-25(2)3)22-34(44)49-24-27-12-8-7-9-13-27)36(45)38(47)41-23-33(43)21-31(37(40)46)20-28-16-17-29-14-10-11-15-30(29)19-28/h7-17,19,25-26,31-32,35H,6,18,20-24H2,1-5H3,(H2,40,46)(H,41,47)/t26-,31+,32+,35?/m0/s1. The molecule has 0 radical (unpaired) electrons. The van der Waals surface area contributed by atoms with Gasteiger partial charge in [-0.25, -0.2) is 0 Å². The van der Waals surface area contributed by atoms with Crippen molar-refractivity contribution in [1.29, 1.82) is 0 Å². The van der Waals surface area contributed by atoms with E-state index in [0.717, 1.165) is 21.9 Å². The monoisotopic (exact) mass is 671 g/mol. The third kappa shape index (κ3) is 11.7. The first-order valence-corrected chi connectivity index (χ1v) is 16.9. The lowest BCUT2D eigenvalue weighted by Crippen LogP contribution is -2.53. The zero-order valence-corrected chi connectivity index (χ0v) is 29.1. The van der Waals surface area contributed by atoms with Gasteiger partial charge in [-0.1, -0.05) is 107 Å². The van der Waals surface area contributed by atoms with Gasteiger partial charge in [0.05, 0.1) is 13.0 Å². The number of nitrogens with two attached hydrogens (primary N) is 1. The Hall–Kier alpha value is -4.86. The number of Topliss-reactive ketones (excluding diaryl/α,β-unsaturated/α-hetero) is 2. The summed E-state index contributed by atoms with van der Waals surface area (Å²) < 4.78 is 5.43. The summed E-state index contributed by atoms with van der Waals surface area (Å²) in [7, 11) is 1.46. The molecule has 3 rings (SSSR count). The van der Waals surface area contributed by atoms with Crippen LogP contribution in [0.2, 0.25) is 0 Å². The van der Waals surface area contributed by atoms with Gasteiger partial charge in [-0.15, -0.1) is 0 Å². The van der Waals surface area contributed by atoms with E-state index in [1.165, 1.54) is 11.9 Å². The van der Waals surface area contributed by atoms with E-state index in [4.69, 9.17) is 10.5 Å². The molecule has 0 spiro atoms. The van der Waals surface area contributed by atoms with Crippen molar-refractivity contribution in [2.24, 2.45) is 29.4 Å². The summed E-state index contributed by atoms with van der Waals surface area (Å²) in [6.45, 7) is 7.08. The number of ether oxygens (including phenoxy) is 1. The smallest absolute Gasteiger partial charge is 0.306 e. The largest absolute Gasteiger partial charge is 0.461 e. The Balaban J connectivity index is 1.63. The average molecular weight is 672 g/mol. The number of nitrogens with zero attached hydrogens (tertiary/aromatic N) is 1. The van der Waals surface area contributed by atoms with Crippen molar-refractivity contribution in [3.8, 4) is 0 Å². The molecule has 0 saturated carbocycles. The van der Waals surface area contributed by atoms with Gasteiger partial charge in [0.15, 0.2) is 5.78 Å². The zero-order valence-electron chi connectivity index (χ0n) is 29.1. The first-order chi connectivity index (χ1) is 23.3. The molecular formula is C39H49N3O7. The molecule has 4 atom stereocenters. The maximum atomic E-state index is 13.8. The van der Waals surface area contributed by atoms with Gasteiger partial charge in [0.2, 0.25) is 17.6 Å². The Morgan fingerprint density at radius 1 is 0.816 bits per heavy atom. The van der Waals surface area contributed by atoms with E-state index >= 15 is 0 Å². The molecule has 10 heteroatoms. The van der Waals surface area contributed by atoms with Crippen LogP contribution >= 0.6 is 0 Å². The molecule has 0 bridgehead atoms. The second-order valence-electron chi connectivity index (χ2n) is 13.2. The van der Waals surface area contributed by atoms with Gasteiger partial charge in [-0.3, -0.25) is 28.8 Å². The maximum Gasteiger partial charge on any atom is 0.306 e. The molecule has 49 heavy (non-hydrogen) atoms. The number of esters is 1. The van der Waals surface area contributed by atoms with Crippen molar-refractivity contribution in [1.82, 2.24) is 10.2 Å². The van der Waals surface area contributed by atoms with Crippen LogP contribution < -0.4 is 11.1 Å². The van der Waals surface area contributed by atoms with Crippen molar-refractivity contribution >= 4 is 46.0 Å². The number of nitrogens with one attached hydrogen (secondary N) is 1. The van der Waals surface area contributed by atoms with Crippen LogP contribution in [0, 0.1) is 23.7 Å². The molecule has 3 aromatic carbocycles. The molecule has 3 N–H and O–H groups in total. The van der Waals surface area contributed by atoms with Gasteiger partial charge < -0.3 is 20.7 Å². The number of carbonyl (C=O) groups excluding carboxylic acids is 6. The fraction of sp³-hybridized carbons (Fsp3) is 0.436. The normalized spacial score (nSPS) is 13.6. The minimum absolute atomic E-state index is 0.0711. The van der Waals surface area contributed by atoms with E-state index in [9.17, 15) is 28.8 Å². The third-order valence-corrected chi connectivity index (χ3v) is 8.82. The highest BCUT2D eigenvalue weighted by molar-refractivity contribution is 6.38. The highest BCUT2D eigenvalue weighted by Crippen LogP contribution is 2.24. The van der Waals surface area contributed by atoms with Gasteiger partial charge in [0, 0.05) is 25.3 Å². The first kappa shape index (κ1) is 38.6. The van der Waals surface area contributed by atoms with Crippen LogP contribution in [0.25, 0.3) is 10.8 Å². The molecule has 0 aliphatic heterocycles. The quantitative estimate of drug-likeness (QED) is 0.137. The molecule has 0 saturated heterocycles. The zero-order chi connectivity index (χ0) is 36.1. The summed E-state index contributed by atoms with van der Waals surface area (Å²) in [6.07, 6.45) is 0.742. The summed E-state index contributed by atoms with van der Waals surface area (Å²) in [5, 5.41) is 4.44. The van der Waals surface area contributed by atoms with E-state index in [0.29, 0.717) is 12.8 Å². The molecule has 0 aliphatic rings. The molecule has 0 heterocycles. The van der Waals surface area contributed by atoms with Crippen molar-refractivity contribution in [2.75, 3.05) is 13.6 Å². The third-order valence-electron chi connectivity index (χ3n) is 8.82. The Morgan fingerprint density at radius 3 is 2.10 bits per heavy atom. The fourth-order valence-corrected chi connectivity index (χ4v) is 5.97. The van der Waals surface area contributed by atoms with Crippen molar-refractivity contribution in [2.45, 2.75) is 72.4 Å². The number of benzene rings is 3. The molecule has 0 aliphatic carbocycles. The van der Waals surface area contributed by atoms with E-state index < -0.39 is 65.6 Å². The molecule has 0 fully saturated rings. The number of amides is 3. The van der Waals surface area contributed by atoms with E-state index in [1.54, 1.807) is 6.92 Å². The van der Waals surface area contributed by atoms with Crippen molar-refractivity contribution in [3.63, 3.8) is 0 Å². The van der Waals surface area contributed by atoms with Gasteiger partial charge in [-0.2, -0.15) is 0 Å². The highest BCUT2D eigenvalue weighted by atomic mass is 16.5. The summed E-state index contributed by atoms with van der Waals surface area (Å²) >= 11 is 0. The van der Waals surface area contributed by atoms with Crippen LogP contribution in [0.4, 0.5) is 0 Å². The highest BCUT2D eigenvalue weighted by Gasteiger charge is 2.38. The molecule has 10 nitrogen and oxygen atoms in total. The number of carbonyl (C=O) groups is 6. The van der Waals surface area contributed by atoms with Crippen LogP contribution in [0.3, 0.4) is 0 Å². The Bertz CT molecular complexity index is 1620.